The molecule has 0 aliphatic rings. The van der Waals surface area contributed by atoms with Gasteiger partial charge in [-0.15, -0.1) is 0 Å². The zero-order valence-electron chi connectivity index (χ0n) is 10.2. The summed E-state index contributed by atoms with van der Waals surface area (Å²) in [7, 11) is 1.68. The SMILES string of the molecule is COCCC(C)C(N)Cc1ccc(F)cc1Cl. The lowest BCUT2D eigenvalue weighted by Gasteiger charge is -2.20. The van der Waals surface area contributed by atoms with Crippen LogP contribution >= 0.6 is 11.6 Å². The molecule has 2 unspecified atom stereocenters. The van der Waals surface area contributed by atoms with Gasteiger partial charge >= 0.3 is 0 Å². The van der Waals surface area contributed by atoms with Crippen LogP contribution < -0.4 is 5.73 Å². The van der Waals surface area contributed by atoms with Crippen LogP contribution in [0.25, 0.3) is 0 Å². The van der Waals surface area contributed by atoms with Gasteiger partial charge in [-0.2, -0.15) is 0 Å². The van der Waals surface area contributed by atoms with E-state index in [2.05, 4.69) is 6.92 Å². The maximum atomic E-state index is 12.9. The van der Waals surface area contributed by atoms with Crippen molar-refractivity contribution in [3.05, 3.63) is 34.6 Å². The molecule has 0 aromatic heterocycles. The van der Waals surface area contributed by atoms with Crippen molar-refractivity contribution < 1.29 is 9.13 Å². The molecule has 2 N–H and O–H groups in total. The van der Waals surface area contributed by atoms with Gasteiger partial charge in [-0.3, -0.25) is 0 Å². The summed E-state index contributed by atoms with van der Waals surface area (Å²) in [5, 5.41) is 0.444. The van der Waals surface area contributed by atoms with E-state index in [1.807, 2.05) is 0 Å². The number of halogens is 2. The molecule has 1 aromatic carbocycles. The molecule has 0 amide bonds. The molecule has 0 bridgehead atoms. The number of ether oxygens (including phenoxy) is 1. The summed E-state index contributed by atoms with van der Waals surface area (Å²) in [5.41, 5.74) is 6.98. The molecule has 1 rings (SSSR count). The Morgan fingerprint density at radius 2 is 2.18 bits per heavy atom. The largest absolute Gasteiger partial charge is 0.385 e. The number of hydrogen-bond acceptors (Lipinski definition) is 2. The minimum absolute atomic E-state index is 0.00751. The first-order valence-corrected chi connectivity index (χ1v) is 6.10. The van der Waals surface area contributed by atoms with E-state index in [1.165, 1.54) is 12.1 Å². The van der Waals surface area contributed by atoms with Crippen molar-refractivity contribution in [1.29, 1.82) is 0 Å². The lowest BCUT2D eigenvalue weighted by atomic mass is 9.93. The molecule has 0 aliphatic heterocycles. The highest BCUT2D eigenvalue weighted by Gasteiger charge is 2.14. The average molecular weight is 260 g/mol. The summed E-state index contributed by atoms with van der Waals surface area (Å²) in [6.07, 6.45) is 1.57. The number of rotatable bonds is 6. The van der Waals surface area contributed by atoms with Crippen molar-refractivity contribution in [3.8, 4) is 0 Å². The first-order valence-electron chi connectivity index (χ1n) is 5.73. The van der Waals surface area contributed by atoms with Gasteiger partial charge < -0.3 is 10.5 Å². The molecule has 0 saturated carbocycles. The second-order valence-electron chi connectivity index (χ2n) is 4.36. The van der Waals surface area contributed by atoms with Crippen molar-refractivity contribution in [2.24, 2.45) is 11.7 Å². The minimum Gasteiger partial charge on any atom is -0.385 e. The van der Waals surface area contributed by atoms with E-state index in [0.717, 1.165) is 12.0 Å². The predicted octanol–water partition coefficient (Wildman–Crippen LogP) is 3.02. The molecule has 96 valence electrons. The van der Waals surface area contributed by atoms with Crippen molar-refractivity contribution in [2.45, 2.75) is 25.8 Å². The molecule has 4 heteroatoms. The Balaban J connectivity index is 2.58. The monoisotopic (exact) mass is 259 g/mol. The third-order valence-corrected chi connectivity index (χ3v) is 3.33. The zero-order valence-corrected chi connectivity index (χ0v) is 11.0. The molecule has 2 atom stereocenters. The van der Waals surface area contributed by atoms with E-state index >= 15 is 0 Å². The fourth-order valence-corrected chi connectivity index (χ4v) is 1.90. The summed E-state index contributed by atoms with van der Waals surface area (Å²) in [5.74, 6) is 0.0239. The molecule has 1 aromatic rings. The van der Waals surface area contributed by atoms with Gasteiger partial charge in [0.05, 0.1) is 0 Å². The summed E-state index contributed by atoms with van der Waals surface area (Å²) >= 11 is 5.96. The molecule has 0 fully saturated rings. The van der Waals surface area contributed by atoms with Crippen LogP contribution in [-0.4, -0.2) is 19.8 Å². The van der Waals surface area contributed by atoms with Gasteiger partial charge in [0.25, 0.3) is 0 Å². The summed E-state index contributed by atoms with van der Waals surface area (Å²) in [6.45, 7) is 2.78. The molecule has 0 aliphatic carbocycles. The summed E-state index contributed by atoms with van der Waals surface area (Å²) < 4.78 is 17.9. The lowest BCUT2D eigenvalue weighted by Crippen LogP contribution is -2.31. The van der Waals surface area contributed by atoms with Gasteiger partial charge in [0.1, 0.15) is 5.82 Å². The highest BCUT2D eigenvalue weighted by atomic mass is 35.5. The number of methoxy groups -OCH3 is 1. The fraction of sp³-hybridized carbons (Fsp3) is 0.538. The summed E-state index contributed by atoms with van der Waals surface area (Å²) in [6, 6.07) is 4.44. The van der Waals surface area contributed by atoms with Crippen molar-refractivity contribution in [1.82, 2.24) is 0 Å². The van der Waals surface area contributed by atoms with Gasteiger partial charge in [-0.05, 0) is 36.5 Å². The Hall–Kier alpha value is -0.640. The summed E-state index contributed by atoms with van der Waals surface area (Å²) in [4.78, 5) is 0. The molecular weight excluding hydrogens is 241 g/mol. The number of nitrogens with two attached hydrogens (primary N) is 1. The fourth-order valence-electron chi connectivity index (χ4n) is 1.66. The Morgan fingerprint density at radius 3 is 2.76 bits per heavy atom. The van der Waals surface area contributed by atoms with Crippen LogP contribution in [0.5, 0.6) is 0 Å². The van der Waals surface area contributed by atoms with E-state index in [-0.39, 0.29) is 11.9 Å². The van der Waals surface area contributed by atoms with Crippen LogP contribution in [0.2, 0.25) is 5.02 Å². The van der Waals surface area contributed by atoms with Gasteiger partial charge in [0.15, 0.2) is 0 Å². The van der Waals surface area contributed by atoms with E-state index in [9.17, 15) is 4.39 Å². The maximum Gasteiger partial charge on any atom is 0.124 e. The number of hydrogen-bond donors (Lipinski definition) is 1. The highest BCUT2D eigenvalue weighted by Crippen LogP contribution is 2.20. The second-order valence-corrected chi connectivity index (χ2v) is 4.77. The Morgan fingerprint density at radius 1 is 1.47 bits per heavy atom. The molecule has 0 saturated heterocycles. The highest BCUT2D eigenvalue weighted by molar-refractivity contribution is 6.31. The Kier molecular flexibility index (Phi) is 5.89. The Bertz CT molecular complexity index is 359. The molecular formula is C13H19ClFNO. The number of benzene rings is 1. The minimum atomic E-state index is -0.320. The van der Waals surface area contributed by atoms with Crippen LogP contribution in [0.4, 0.5) is 4.39 Å². The lowest BCUT2D eigenvalue weighted by molar-refractivity contribution is 0.174. The van der Waals surface area contributed by atoms with E-state index in [0.29, 0.717) is 24.0 Å². The van der Waals surface area contributed by atoms with E-state index in [4.69, 9.17) is 22.1 Å². The third kappa shape index (κ3) is 4.62. The van der Waals surface area contributed by atoms with Crippen LogP contribution in [0, 0.1) is 11.7 Å². The Labute approximate surface area is 107 Å². The van der Waals surface area contributed by atoms with Crippen LogP contribution in [0.1, 0.15) is 18.9 Å². The molecule has 2 nitrogen and oxygen atoms in total. The van der Waals surface area contributed by atoms with Crippen LogP contribution in [0.3, 0.4) is 0 Å². The van der Waals surface area contributed by atoms with Crippen LogP contribution in [0.15, 0.2) is 18.2 Å². The van der Waals surface area contributed by atoms with Crippen molar-refractivity contribution >= 4 is 11.6 Å². The first-order chi connectivity index (χ1) is 8.04. The van der Waals surface area contributed by atoms with Crippen molar-refractivity contribution in [3.63, 3.8) is 0 Å². The van der Waals surface area contributed by atoms with E-state index < -0.39 is 0 Å². The molecule has 17 heavy (non-hydrogen) atoms. The quantitative estimate of drug-likeness (QED) is 0.852. The maximum absolute atomic E-state index is 12.9. The van der Waals surface area contributed by atoms with E-state index in [1.54, 1.807) is 13.2 Å². The third-order valence-electron chi connectivity index (χ3n) is 2.98. The smallest absolute Gasteiger partial charge is 0.124 e. The van der Waals surface area contributed by atoms with Gasteiger partial charge in [0, 0.05) is 24.8 Å². The molecule has 0 radical (unpaired) electrons. The van der Waals surface area contributed by atoms with Gasteiger partial charge in [-0.25, -0.2) is 4.39 Å². The zero-order chi connectivity index (χ0) is 12.8. The van der Waals surface area contributed by atoms with Gasteiger partial charge in [0.2, 0.25) is 0 Å². The van der Waals surface area contributed by atoms with Gasteiger partial charge in [-0.1, -0.05) is 24.6 Å². The first kappa shape index (κ1) is 14.4. The standard InChI is InChI=1S/C13H19ClFNO/c1-9(5-6-17-2)13(16)7-10-3-4-11(15)8-12(10)14/h3-4,8-9,13H,5-7,16H2,1-2H3. The topological polar surface area (TPSA) is 35.2 Å². The predicted molar refractivity (Wildman–Crippen MR) is 68.7 cm³/mol. The second kappa shape index (κ2) is 6.94. The average Bonchev–Trinajstić information content (AvgIpc) is 2.29. The normalized spacial score (nSPS) is 14.6. The molecule has 0 heterocycles. The van der Waals surface area contributed by atoms with Crippen LogP contribution in [-0.2, 0) is 11.2 Å². The van der Waals surface area contributed by atoms with Crippen molar-refractivity contribution in [2.75, 3.05) is 13.7 Å². The molecule has 0 spiro atoms.